The van der Waals surface area contributed by atoms with E-state index >= 15 is 0 Å². The minimum Gasteiger partial charge on any atom is -0.271 e. The summed E-state index contributed by atoms with van der Waals surface area (Å²) in [6, 6.07) is 2.02. The van der Waals surface area contributed by atoms with E-state index in [0.29, 0.717) is 12.8 Å². The Morgan fingerprint density at radius 2 is 2.00 bits per heavy atom. The van der Waals surface area contributed by atoms with Crippen molar-refractivity contribution in [2.75, 3.05) is 0 Å². The van der Waals surface area contributed by atoms with Gasteiger partial charge in [-0.3, -0.25) is 11.3 Å². The second-order valence-electron chi connectivity index (χ2n) is 5.32. The standard InChI is InChI=1S/C13H18BrF3N2S/c14-10-5-6-20-12(10)7-11(19-18)8-1-3-9(4-2-8)13(15,16)17/h5-6,8-9,11,19H,1-4,7,18H2. The van der Waals surface area contributed by atoms with Crippen LogP contribution >= 0.6 is 27.3 Å². The van der Waals surface area contributed by atoms with Gasteiger partial charge in [0.15, 0.2) is 0 Å². The molecular weight excluding hydrogens is 353 g/mol. The van der Waals surface area contributed by atoms with E-state index in [1.54, 1.807) is 11.3 Å². The molecule has 1 aromatic heterocycles. The highest BCUT2D eigenvalue weighted by molar-refractivity contribution is 9.10. The van der Waals surface area contributed by atoms with Crippen molar-refractivity contribution in [1.29, 1.82) is 0 Å². The van der Waals surface area contributed by atoms with Gasteiger partial charge in [-0.25, -0.2) is 0 Å². The lowest BCUT2D eigenvalue weighted by molar-refractivity contribution is -0.184. The maximum absolute atomic E-state index is 12.7. The molecule has 0 saturated heterocycles. The molecule has 7 heteroatoms. The summed E-state index contributed by atoms with van der Waals surface area (Å²) in [6.07, 6.45) is -1.68. The normalized spacial score (nSPS) is 25.6. The summed E-state index contributed by atoms with van der Waals surface area (Å²) >= 11 is 5.12. The molecule has 0 radical (unpaired) electrons. The summed E-state index contributed by atoms with van der Waals surface area (Å²) in [5.41, 5.74) is 2.80. The lowest BCUT2D eigenvalue weighted by Gasteiger charge is -2.34. The molecule has 0 amide bonds. The average Bonchev–Trinajstić information content (AvgIpc) is 2.80. The third-order valence-corrected chi connectivity index (χ3v) is 6.06. The lowest BCUT2D eigenvalue weighted by atomic mass is 9.77. The molecule has 0 bridgehead atoms. The summed E-state index contributed by atoms with van der Waals surface area (Å²) in [5, 5.41) is 1.99. The van der Waals surface area contributed by atoms with Crippen LogP contribution in [0, 0.1) is 11.8 Å². The summed E-state index contributed by atoms with van der Waals surface area (Å²) in [4.78, 5) is 1.19. The smallest absolute Gasteiger partial charge is 0.271 e. The molecule has 0 aliphatic heterocycles. The van der Waals surface area contributed by atoms with Crippen LogP contribution in [-0.2, 0) is 6.42 Å². The van der Waals surface area contributed by atoms with E-state index in [0.717, 1.165) is 10.9 Å². The summed E-state index contributed by atoms with van der Waals surface area (Å²) in [6.45, 7) is 0. The van der Waals surface area contributed by atoms with Gasteiger partial charge in [-0.1, -0.05) is 0 Å². The van der Waals surface area contributed by atoms with Gasteiger partial charge in [0.1, 0.15) is 0 Å². The Morgan fingerprint density at radius 1 is 1.35 bits per heavy atom. The Hall–Kier alpha value is -0.110. The van der Waals surface area contributed by atoms with Crippen molar-refractivity contribution in [1.82, 2.24) is 5.43 Å². The number of nitrogens with one attached hydrogen (secondary N) is 1. The van der Waals surface area contributed by atoms with Crippen molar-refractivity contribution in [2.24, 2.45) is 17.7 Å². The minimum absolute atomic E-state index is 0.0409. The van der Waals surface area contributed by atoms with Crippen LogP contribution in [0.3, 0.4) is 0 Å². The summed E-state index contributed by atoms with van der Waals surface area (Å²) in [5.74, 6) is 4.69. The average molecular weight is 371 g/mol. The first-order chi connectivity index (χ1) is 9.41. The molecule has 1 fully saturated rings. The molecule has 1 aliphatic rings. The van der Waals surface area contributed by atoms with Gasteiger partial charge in [0, 0.05) is 15.4 Å². The maximum atomic E-state index is 12.7. The Balaban J connectivity index is 1.92. The first-order valence-corrected chi connectivity index (χ1v) is 8.33. The predicted molar refractivity (Wildman–Crippen MR) is 78.3 cm³/mol. The molecular formula is C13H18BrF3N2S. The first kappa shape index (κ1) is 16.3. The molecule has 3 N–H and O–H groups in total. The summed E-state index contributed by atoms with van der Waals surface area (Å²) in [7, 11) is 0. The Kier molecular flexibility index (Phi) is 5.50. The van der Waals surface area contributed by atoms with Crippen molar-refractivity contribution < 1.29 is 13.2 Å². The number of hydrazine groups is 1. The van der Waals surface area contributed by atoms with Gasteiger partial charge >= 0.3 is 6.18 Å². The van der Waals surface area contributed by atoms with Crippen LogP contribution in [0.2, 0.25) is 0 Å². The van der Waals surface area contributed by atoms with Gasteiger partial charge in [-0.2, -0.15) is 13.2 Å². The molecule has 1 aromatic rings. The first-order valence-electron chi connectivity index (χ1n) is 6.66. The van der Waals surface area contributed by atoms with Crippen LogP contribution in [0.15, 0.2) is 15.9 Å². The van der Waals surface area contributed by atoms with Crippen LogP contribution in [-0.4, -0.2) is 12.2 Å². The molecule has 1 heterocycles. The topological polar surface area (TPSA) is 38.0 Å². The molecule has 1 atom stereocenters. The zero-order chi connectivity index (χ0) is 14.8. The number of rotatable bonds is 4. The molecule has 1 saturated carbocycles. The molecule has 1 aliphatic carbocycles. The number of hydrogen-bond acceptors (Lipinski definition) is 3. The fourth-order valence-corrected chi connectivity index (χ4v) is 4.46. The van der Waals surface area contributed by atoms with Crippen LogP contribution in [0.4, 0.5) is 13.2 Å². The van der Waals surface area contributed by atoms with Crippen LogP contribution < -0.4 is 11.3 Å². The van der Waals surface area contributed by atoms with Crippen LogP contribution in [0.1, 0.15) is 30.6 Å². The molecule has 2 rings (SSSR count). The lowest BCUT2D eigenvalue weighted by Crippen LogP contribution is -2.44. The van der Waals surface area contributed by atoms with Gasteiger partial charge < -0.3 is 0 Å². The number of nitrogens with two attached hydrogens (primary N) is 1. The molecule has 2 nitrogen and oxygen atoms in total. The highest BCUT2D eigenvalue weighted by atomic mass is 79.9. The maximum Gasteiger partial charge on any atom is 0.391 e. The second kappa shape index (κ2) is 6.77. The fraction of sp³-hybridized carbons (Fsp3) is 0.692. The third kappa shape index (κ3) is 3.96. The van der Waals surface area contributed by atoms with Gasteiger partial charge in [-0.05, 0) is 65.4 Å². The highest BCUT2D eigenvalue weighted by Crippen LogP contribution is 2.41. The monoisotopic (exact) mass is 370 g/mol. The molecule has 0 spiro atoms. The zero-order valence-corrected chi connectivity index (χ0v) is 13.3. The second-order valence-corrected chi connectivity index (χ2v) is 7.18. The zero-order valence-electron chi connectivity index (χ0n) is 10.9. The van der Waals surface area contributed by atoms with Crippen LogP contribution in [0.5, 0.6) is 0 Å². The third-order valence-electron chi connectivity index (χ3n) is 4.11. The van der Waals surface area contributed by atoms with Gasteiger partial charge in [-0.15, -0.1) is 11.3 Å². The van der Waals surface area contributed by atoms with Crippen LogP contribution in [0.25, 0.3) is 0 Å². The number of alkyl halides is 3. The van der Waals surface area contributed by atoms with E-state index in [9.17, 15) is 13.2 Å². The highest BCUT2D eigenvalue weighted by Gasteiger charge is 2.42. The van der Waals surface area contributed by atoms with Gasteiger partial charge in [0.2, 0.25) is 0 Å². The quantitative estimate of drug-likeness (QED) is 0.613. The number of hydrogen-bond donors (Lipinski definition) is 2. The number of thiophene rings is 1. The largest absolute Gasteiger partial charge is 0.391 e. The van der Waals surface area contributed by atoms with E-state index in [1.807, 2.05) is 11.4 Å². The molecule has 0 aromatic carbocycles. The van der Waals surface area contributed by atoms with Crippen molar-refractivity contribution in [3.8, 4) is 0 Å². The predicted octanol–water partition coefficient (Wildman–Crippen LogP) is 4.25. The van der Waals surface area contributed by atoms with E-state index < -0.39 is 12.1 Å². The molecule has 20 heavy (non-hydrogen) atoms. The van der Waals surface area contributed by atoms with Crippen molar-refractivity contribution in [3.05, 3.63) is 20.8 Å². The van der Waals surface area contributed by atoms with Crippen molar-refractivity contribution in [2.45, 2.75) is 44.3 Å². The van der Waals surface area contributed by atoms with E-state index in [1.165, 1.54) is 4.88 Å². The Morgan fingerprint density at radius 3 is 2.45 bits per heavy atom. The van der Waals surface area contributed by atoms with Crippen molar-refractivity contribution >= 4 is 27.3 Å². The van der Waals surface area contributed by atoms with E-state index in [4.69, 9.17) is 5.84 Å². The van der Waals surface area contributed by atoms with Crippen molar-refractivity contribution in [3.63, 3.8) is 0 Å². The van der Waals surface area contributed by atoms with E-state index in [-0.39, 0.29) is 24.8 Å². The van der Waals surface area contributed by atoms with Gasteiger partial charge in [0.25, 0.3) is 0 Å². The summed E-state index contributed by atoms with van der Waals surface area (Å²) < 4.78 is 39.0. The van der Waals surface area contributed by atoms with E-state index in [2.05, 4.69) is 21.4 Å². The molecule has 114 valence electrons. The number of halogens is 4. The molecule has 1 unspecified atom stereocenters. The Bertz CT molecular complexity index is 427. The Labute approximate surface area is 129 Å². The van der Waals surface area contributed by atoms with Gasteiger partial charge in [0.05, 0.1) is 5.92 Å². The minimum atomic E-state index is -4.05. The SMILES string of the molecule is NNC(Cc1sccc1Br)C1CCC(C(F)(F)F)CC1. The fourth-order valence-electron chi connectivity index (χ4n) is 2.88.